The monoisotopic (exact) mass is 272 g/mol. The zero-order valence-electron chi connectivity index (χ0n) is 7.29. The predicted molar refractivity (Wildman–Crippen MR) is 58.8 cm³/mol. The fraction of sp³-hybridized carbons (Fsp3) is 0.111. The summed E-state index contributed by atoms with van der Waals surface area (Å²) in [5.74, 6) is 0.507. The molecular formula is C9H6BrClN2O. The van der Waals surface area contributed by atoms with Gasteiger partial charge in [0.25, 0.3) is 0 Å². The number of hydrogen-bond acceptors (Lipinski definition) is 3. The highest BCUT2D eigenvalue weighted by molar-refractivity contribution is 9.10. The molecule has 0 aliphatic carbocycles. The quantitative estimate of drug-likeness (QED) is 0.749. The molecule has 0 aliphatic rings. The number of pyridine rings is 2. The van der Waals surface area contributed by atoms with Crippen LogP contribution in [0.5, 0.6) is 5.88 Å². The van der Waals surface area contributed by atoms with Crippen molar-refractivity contribution in [2.45, 2.75) is 0 Å². The molecule has 2 heterocycles. The van der Waals surface area contributed by atoms with Crippen LogP contribution in [-0.2, 0) is 0 Å². The van der Waals surface area contributed by atoms with E-state index in [1.807, 2.05) is 6.07 Å². The highest BCUT2D eigenvalue weighted by atomic mass is 79.9. The molecule has 0 saturated heterocycles. The second-order valence-corrected chi connectivity index (χ2v) is 3.83. The first-order chi connectivity index (χ1) is 6.72. The fourth-order valence-electron chi connectivity index (χ4n) is 1.15. The topological polar surface area (TPSA) is 35.0 Å². The number of methoxy groups -OCH3 is 1. The van der Waals surface area contributed by atoms with E-state index < -0.39 is 0 Å². The first-order valence-electron chi connectivity index (χ1n) is 3.87. The molecule has 5 heteroatoms. The SMILES string of the molecule is COc1ncc2ccc(Cl)nc2c1Br. The van der Waals surface area contributed by atoms with Crippen LogP contribution in [-0.4, -0.2) is 17.1 Å². The molecule has 2 rings (SSSR count). The van der Waals surface area contributed by atoms with Gasteiger partial charge in [0.1, 0.15) is 9.63 Å². The Labute approximate surface area is 94.2 Å². The van der Waals surface area contributed by atoms with Crippen molar-refractivity contribution in [3.63, 3.8) is 0 Å². The van der Waals surface area contributed by atoms with E-state index in [1.165, 1.54) is 0 Å². The lowest BCUT2D eigenvalue weighted by atomic mass is 10.3. The summed E-state index contributed by atoms with van der Waals surface area (Å²) >= 11 is 9.16. The molecule has 14 heavy (non-hydrogen) atoms. The lowest BCUT2D eigenvalue weighted by Crippen LogP contribution is -1.91. The van der Waals surface area contributed by atoms with Gasteiger partial charge in [0.05, 0.1) is 12.6 Å². The molecule has 2 aromatic heterocycles. The Bertz CT molecular complexity index is 489. The van der Waals surface area contributed by atoms with Crippen LogP contribution in [0.15, 0.2) is 22.8 Å². The molecule has 0 spiro atoms. The van der Waals surface area contributed by atoms with Crippen LogP contribution in [0.3, 0.4) is 0 Å². The molecule has 0 fully saturated rings. The van der Waals surface area contributed by atoms with E-state index in [4.69, 9.17) is 16.3 Å². The van der Waals surface area contributed by atoms with Gasteiger partial charge in [0.15, 0.2) is 0 Å². The van der Waals surface area contributed by atoms with Gasteiger partial charge in [-0.25, -0.2) is 9.97 Å². The number of fused-ring (bicyclic) bond motifs is 1. The van der Waals surface area contributed by atoms with Crippen LogP contribution < -0.4 is 4.74 Å². The Morgan fingerprint density at radius 1 is 1.43 bits per heavy atom. The van der Waals surface area contributed by atoms with E-state index in [2.05, 4.69) is 25.9 Å². The number of aromatic nitrogens is 2. The van der Waals surface area contributed by atoms with Crippen LogP contribution >= 0.6 is 27.5 Å². The van der Waals surface area contributed by atoms with Crippen LogP contribution in [0.4, 0.5) is 0 Å². The molecule has 72 valence electrons. The minimum absolute atomic E-state index is 0.450. The second-order valence-electron chi connectivity index (χ2n) is 2.65. The van der Waals surface area contributed by atoms with Crippen molar-refractivity contribution in [2.24, 2.45) is 0 Å². The van der Waals surface area contributed by atoms with Crippen molar-refractivity contribution >= 4 is 38.4 Å². The van der Waals surface area contributed by atoms with Gasteiger partial charge in [-0.3, -0.25) is 0 Å². The molecule has 0 bridgehead atoms. The summed E-state index contributed by atoms with van der Waals surface area (Å²) in [6, 6.07) is 3.59. The molecule has 0 unspecified atom stereocenters. The third-order valence-corrected chi connectivity index (χ3v) is 2.73. The van der Waals surface area contributed by atoms with Crippen LogP contribution in [0.2, 0.25) is 5.15 Å². The summed E-state index contributed by atoms with van der Waals surface area (Å²) < 4.78 is 5.77. The molecule has 0 N–H and O–H groups in total. The zero-order valence-corrected chi connectivity index (χ0v) is 9.63. The van der Waals surface area contributed by atoms with Crippen molar-refractivity contribution < 1.29 is 4.74 Å². The average Bonchev–Trinajstić information content (AvgIpc) is 2.20. The third kappa shape index (κ3) is 1.55. The van der Waals surface area contributed by atoms with Crippen molar-refractivity contribution in [3.8, 4) is 5.88 Å². The smallest absolute Gasteiger partial charge is 0.229 e. The maximum absolute atomic E-state index is 5.79. The molecule has 0 aromatic carbocycles. The Balaban J connectivity index is 2.79. The Morgan fingerprint density at radius 2 is 2.21 bits per heavy atom. The van der Waals surface area contributed by atoms with Gasteiger partial charge in [-0.2, -0.15) is 0 Å². The summed E-state index contributed by atoms with van der Waals surface area (Å²) in [5, 5.41) is 1.37. The minimum Gasteiger partial charge on any atom is -0.480 e. The second kappa shape index (κ2) is 3.71. The van der Waals surface area contributed by atoms with Crippen LogP contribution in [0.1, 0.15) is 0 Å². The van der Waals surface area contributed by atoms with E-state index in [1.54, 1.807) is 19.4 Å². The van der Waals surface area contributed by atoms with E-state index in [-0.39, 0.29) is 0 Å². The van der Waals surface area contributed by atoms with Gasteiger partial charge in [-0.05, 0) is 28.1 Å². The zero-order chi connectivity index (χ0) is 10.1. The number of ether oxygens (including phenoxy) is 1. The van der Waals surface area contributed by atoms with Crippen LogP contribution in [0, 0.1) is 0 Å². The van der Waals surface area contributed by atoms with E-state index in [9.17, 15) is 0 Å². The first-order valence-corrected chi connectivity index (χ1v) is 5.04. The molecule has 0 amide bonds. The van der Waals surface area contributed by atoms with E-state index in [0.29, 0.717) is 11.0 Å². The average molecular weight is 274 g/mol. The lowest BCUT2D eigenvalue weighted by Gasteiger charge is -2.04. The van der Waals surface area contributed by atoms with Gasteiger partial charge in [0, 0.05) is 11.6 Å². The van der Waals surface area contributed by atoms with Crippen LogP contribution in [0.25, 0.3) is 10.9 Å². The molecule has 0 saturated carbocycles. The normalized spacial score (nSPS) is 10.5. The van der Waals surface area contributed by atoms with E-state index in [0.717, 1.165) is 15.4 Å². The maximum atomic E-state index is 5.79. The standard InChI is InChI=1S/C9H6BrClN2O/c1-14-9-7(10)8-5(4-12-9)2-3-6(11)13-8/h2-4H,1H3. The Kier molecular flexibility index (Phi) is 2.56. The lowest BCUT2D eigenvalue weighted by molar-refractivity contribution is 0.396. The summed E-state index contributed by atoms with van der Waals surface area (Å²) in [7, 11) is 1.56. The van der Waals surface area contributed by atoms with Gasteiger partial charge in [-0.1, -0.05) is 11.6 Å². The van der Waals surface area contributed by atoms with Crippen molar-refractivity contribution in [1.82, 2.24) is 9.97 Å². The van der Waals surface area contributed by atoms with Crippen molar-refractivity contribution in [2.75, 3.05) is 7.11 Å². The molecule has 0 atom stereocenters. The highest BCUT2D eigenvalue weighted by Gasteiger charge is 2.08. The maximum Gasteiger partial charge on any atom is 0.229 e. The fourth-order valence-corrected chi connectivity index (χ4v) is 1.88. The predicted octanol–water partition coefficient (Wildman–Crippen LogP) is 3.05. The summed E-state index contributed by atoms with van der Waals surface area (Å²) in [5.41, 5.74) is 0.754. The number of halogens is 2. The molecule has 3 nitrogen and oxygen atoms in total. The Morgan fingerprint density at radius 3 is 2.93 bits per heavy atom. The molecule has 2 aromatic rings. The van der Waals surface area contributed by atoms with Gasteiger partial charge >= 0.3 is 0 Å². The summed E-state index contributed by atoms with van der Waals surface area (Å²) in [4.78, 5) is 8.28. The number of nitrogens with zero attached hydrogens (tertiary/aromatic N) is 2. The summed E-state index contributed by atoms with van der Waals surface area (Å²) in [6.45, 7) is 0. The van der Waals surface area contributed by atoms with Gasteiger partial charge in [-0.15, -0.1) is 0 Å². The third-order valence-electron chi connectivity index (χ3n) is 1.80. The number of rotatable bonds is 1. The molecular weight excluding hydrogens is 267 g/mol. The number of hydrogen-bond donors (Lipinski definition) is 0. The minimum atomic E-state index is 0.450. The Hall–Kier alpha value is -0.870. The van der Waals surface area contributed by atoms with Gasteiger partial charge < -0.3 is 4.74 Å². The summed E-state index contributed by atoms with van der Waals surface area (Å²) in [6.07, 6.45) is 1.70. The van der Waals surface area contributed by atoms with Crippen molar-refractivity contribution in [1.29, 1.82) is 0 Å². The van der Waals surface area contributed by atoms with E-state index >= 15 is 0 Å². The first kappa shape index (κ1) is 9.68. The molecule has 0 radical (unpaired) electrons. The van der Waals surface area contributed by atoms with Gasteiger partial charge in [0.2, 0.25) is 5.88 Å². The van der Waals surface area contributed by atoms with Crippen molar-refractivity contribution in [3.05, 3.63) is 28.0 Å². The highest BCUT2D eigenvalue weighted by Crippen LogP contribution is 2.30. The largest absolute Gasteiger partial charge is 0.480 e. The molecule has 0 aliphatic heterocycles.